The molecule has 3 N–H and O–H groups in total. The second-order valence-electron chi connectivity index (χ2n) is 5.83. The Labute approximate surface area is 149 Å². The maximum atomic E-state index is 12.6. The van der Waals surface area contributed by atoms with Gasteiger partial charge in [-0.1, -0.05) is 19.4 Å². The number of hydrogen-bond acceptors (Lipinski definition) is 4. The summed E-state index contributed by atoms with van der Waals surface area (Å²) in [5, 5.41) is 2.89. The van der Waals surface area contributed by atoms with Gasteiger partial charge in [0.05, 0.1) is 13.2 Å². The molecular weight excluding hydrogens is 316 g/mol. The van der Waals surface area contributed by atoms with Crippen molar-refractivity contribution in [2.24, 2.45) is 0 Å². The molecule has 25 heavy (non-hydrogen) atoms. The highest BCUT2D eigenvalue weighted by molar-refractivity contribution is 6.05. The standard InChI is InChI=1S/C20H26N2O3/c1-4-6-11-25-18-10-8-15(12-19(18)24-5-2)20(23)22-17-13-16(21)9-7-14(17)3/h7-10,12-13H,4-6,11,21H2,1-3H3,(H,22,23). The monoisotopic (exact) mass is 342 g/mol. The van der Waals surface area contributed by atoms with Gasteiger partial charge in [-0.05, 0) is 56.2 Å². The van der Waals surface area contributed by atoms with Crippen LogP contribution in [0.2, 0.25) is 0 Å². The summed E-state index contributed by atoms with van der Waals surface area (Å²) < 4.78 is 11.4. The number of nitrogens with one attached hydrogen (secondary N) is 1. The van der Waals surface area contributed by atoms with Crippen LogP contribution in [-0.2, 0) is 0 Å². The molecule has 2 aromatic rings. The molecule has 0 saturated heterocycles. The van der Waals surface area contributed by atoms with E-state index in [4.69, 9.17) is 15.2 Å². The second-order valence-corrected chi connectivity index (χ2v) is 5.83. The molecule has 0 saturated carbocycles. The van der Waals surface area contributed by atoms with Gasteiger partial charge < -0.3 is 20.5 Å². The lowest BCUT2D eigenvalue weighted by Crippen LogP contribution is -2.13. The van der Waals surface area contributed by atoms with Gasteiger partial charge in [-0.25, -0.2) is 0 Å². The van der Waals surface area contributed by atoms with E-state index in [1.54, 1.807) is 30.3 Å². The third-order valence-corrected chi connectivity index (χ3v) is 3.77. The lowest BCUT2D eigenvalue weighted by molar-refractivity contribution is 0.102. The molecule has 0 radical (unpaired) electrons. The lowest BCUT2D eigenvalue weighted by Gasteiger charge is -2.14. The van der Waals surface area contributed by atoms with Gasteiger partial charge in [-0.3, -0.25) is 4.79 Å². The molecule has 1 amide bonds. The minimum Gasteiger partial charge on any atom is -0.490 e. The zero-order valence-electron chi connectivity index (χ0n) is 15.1. The molecule has 2 rings (SSSR count). The van der Waals surface area contributed by atoms with Gasteiger partial charge in [-0.15, -0.1) is 0 Å². The fourth-order valence-electron chi connectivity index (χ4n) is 2.33. The predicted molar refractivity (Wildman–Crippen MR) is 102 cm³/mol. The molecule has 0 aliphatic heterocycles. The summed E-state index contributed by atoms with van der Waals surface area (Å²) in [4.78, 5) is 12.6. The highest BCUT2D eigenvalue weighted by Crippen LogP contribution is 2.29. The second kappa shape index (κ2) is 8.97. The van der Waals surface area contributed by atoms with Crippen LogP contribution in [0.3, 0.4) is 0 Å². The molecule has 0 aliphatic rings. The number of unbranched alkanes of at least 4 members (excludes halogenated alkanes) is 1. The van der Waals surface area contributed by atoms with Gasteiger partial charge in [0.25, 0.3) is 5.91 Å². The van der Waals surface area contributed by atoms with Crippen molar-refractivity contribution in [1.29, 1.82) is 0 Å². The van der Waals surface area contributed by atoms with E-state index in [1.165, 1.54) is 0 Å². The molecule has 5 heteroatoms. The average molecular weight is 342 g/mol. The van der Waals surface area contributed by atoms with E-state index in [0.29, 0.717) is 41.7 Å². The summed E-state index contributed by atoms with van der Waals surface area (Å²) in [5.74, 6) is 1.03. The Balaban J connectivity index is 2.18. The average Bonchev–Trinajstić information content (AvgIpc) is 2.59. The SMILES string of the molecule is CCCCOc1ccc(C(=O)Nc2cc(N)ccc2C)cc1OCC. The molecule has 0 aromatic heterocycles. The number of nitrogen functional groups attached to an aromatic ring is 1. The predicted octanol–water partition coefficient (Wildman–Crippen LogP) is 4.41. The summed E-state index contributed by atoms with van der Waals surface area (Å²) in [7, 11) is 0. The Morgan fingerprint density at radius 3 is 2.60 bits per heavy atom. The maximum Gasteiger partial charge on any atom is 0.255 e. The van der Waals surface area contributed by atoms with Gasteiger partial charge in [0.15, 0.2) is 11.5 Å². The number of hydrogen-bond donors (Lipinski definition) is 2. The lowest BCUT2D eigenvalue weighted by atomic mass is 10.1. The fraction of sp³-hybridized carbons (Fsp3) is 0.350. The first-order valence-corrected chi connectivity index (χ1v) is 8.62. The quantitative estimate of drug-likeness (QED) is 0.550. The summed E-state index contributed by atoms with van der Waals surface area (Å²) in [5.41, 5.74) is 8.56. The maximum absolute atomic E-state index is 12.6. The number of rotatable bonds is 8. The smallest absolute Gasteiger partial charge is 0.255 e. The van der Waals surface area contributed by atoms with Crippen molar-refractivity contribution in [3.63, 3.8) is 0 Å². The zero-order valence-corrected chi connectivity index (χ0v) is 15.1. The van der Waals surface area contributed by atoms with Crippen molar-refractivity contribution in [2.75, 3.05) is 24.3 Å². The van der Waals surface area contributed by atoms with Crippen LogP contribution in [0.1, 0.15) is 42.6 Å². The van der Waals surface area contributed by atoms with Crippen molar-refractivity contribution in [2.45, 2.75) is 33.6 Å². The molecule has 5 nitrogen and oxygen atoms in total. The van der Waals surface area contributed by atoms with Gasteiger partial charge in [-0.2, -0.15) is 0 Å². The van der Waals surface area contributed by atoms with Crippen molar-refractivity contribution >= 4 is 17.3 Å². The summed E-state index contributed by atoms with van der Waals surface area (Å²) in [6, 6.07) is 10.7. The first-order valence-electron chi connectivity index (χ1n) is 8.62. The Hall–Kier alpha value is -2.69. The van der Waals surface area contributed by atoms with Crippen LogP contribution < -0.4 is 20.5 Å². The Bertz CT molecular complexity index is 729. The Morgan fingerprint density at radius 2 is 1.88 bits per heavy atom. The minimum absolute atomic E-state index is 0.213. The summed E-state index contributed by atoms with van der Waals surface area (Å²) in [6.07, 6.45) is 2.03. The van der Waals surface area contributed by atoms with E-state index in [1.807, 2.05) is 19.9 Å². The third kappa shape index (κ3) is 5.14. The largest absolute Gasteiger partial charge is 0.490 e. The van der Waals surface area contributed by atoms with E-state index < -0.39 is 0 Å². The van der Waals surface area contributed by atoms with Crippen LogP contribution in [0.15, 0.2) is 36.4 Å². The van der Waals surface area contributed by atoms with Crippen molar-refractivity contribution in [1.82, 2.24) is 0 Å². The first-order chi connectivity index (χ1) is 12.0. The van der Waals surface area contributed by atoms with Gasteiger partial charge >= 0.3 is 0 Å². The van der Waals surface area contributed by atoms with Crippen LogP contribution in [0.4, 0.5) is 11.4 Å². The highest BCUT2D eigenvalue weighted by atomic mass is 16.5. The van der Waals surface area contributed by atoms with Crippen LogP contribution in [0.5, 0.6) is 11.5 Å². The number of ether oxygens (including phenoxy) is 2. The molecule has 0 aliphatic carbocycles. The van der Waals surface area contributed by atoms with E-state index in [0.717, 1.165) is 18.4 Å². The molecule has 0 bridgehead atoms. The Kier molecular flexibility index (Phi) is 6.69. The van der Waals surface area contributed by atoms with Gasteiger partial charge in [0.1, 0.15) is 0 Å². The van der Waals surface area contributed by atoms with Gasteiger partial charge in [0, 0.05) is 16.9 Å². The van der Waals surface area contributed by atoms with E-state index in [-0.39, 0.29) is 5.91 Å². The number of nitrogens with two attached hydrogens (primary N) is 1. The topological polar surface area (TPSA) is 73.6 Å². The molecule has 0 spiro atoms. The van der Waals surface area contributed by atoms with E-state index in [9.17, 15) is 4.79 Å². The number of amides is 1. The molecular formula is C20H26N2O3. The molecule has 134 valence electrons. The number of carbonyl (C=O) groups is 1. The number of aryl methyl sites for hydroxylation is 1. The molecule has 0 unspecified atom stereocenters. The minimum atomic E-state index is -0.213. The van der Waals surface area contributed by atoms with E-state index in [2.05, 4.69) is 12.2 Å². The number of carbonyl (C=O) groups excluding carboxylic acids is 1. The normalized spacial score (nSPS) is 10.4. The van der Waals surface area contributed by atoms with Crippen LogP contribution in [0, 0.1) is 6.92 Å². The Morgan fingerprint density at radius 1 is 1.08 bits per heavy atom. The first kappa shape index (κ1) is 18.6. The fourth-order valence-corrected chi connectivity index (χ4v) is 2.33. The third-order valence-electron chi connectivity index (χ3n) is 3.77. The van der Waals surface area contributed by atoms with Crippen LogP contribution in [0.25, 0.3) is 0 Å². The van der Waals surface area contributed by atoms with Gasteiger partial charge in [0.2, 0.25) is 0 Å². The molecule has 0 atom stereocenters. The number of benzene rings is 2. The van der Waals surface area contributed by atoms with Crippen LogP contribution in [-0.4, -0.2) is 19.1 Å². The van der Waals surface area contributed by atoms with E-state index >= 15 is 0 Å². The summed E-state index contributed by atoms with van der Waals surface area (Å²) >= 11 is 0. The van der Waals surface area contributed by atoms with Crippen molar-refractivity contribution < 1.29 is 14.3 Å². The van der Waals surface area contributed by atoms with Crippen LogP contribution >= 0.6 is 0 Å². The van der Waals surface area contributed by atoms with Crippen molar-refractivity contribution in [3.05, 3.63) is 47.5 Å². The molecule has 0 heterocycles. The number of anilines is 2. The molecule has 2 aromatic carbocycles. The van der Waals surface area contributed by atoms with Crippen molar-refractivity contribution in [3.8, 4) is 11.5 Å². The zero-order chi connectivity index (χ0) is 18.2. The highest BCUT2D eigenvalue weighted by Gasteiger charge is 2.13. The molecule has 0 fully saturated rings. The summed E-state index contributed by atoms with van der Waals surface area (Å²) in [6.45, 7) is 7.07.